The molecule has 0 unspecified atom stereocenters. The third kappa shape index (κ3) is 2.75. The van der Waals surface area contributed by atoms with Gasteiger partial charge in [0.15, 0.2) is 0 Å². The number of imidazole rings is 1. The Kier molecular flexibility index (Phi) is 4.21. The second-order valence-corrected chi connectivity index (χ2v) is 6.46. The highest BCUT2D eigenvalue weighted by Gasteiger charge is 2.34. The Labute approximate surface area is 152 Å². The first kappa shape index (κ1) is 16.4. The van der Waals surface area contributed by atoms with Crippen LogP contribution in [0, 0.1) is 0 Å². The molecule has 1 atom stereocenters. The molecule has 1 saturated heterocycles. The number of allylic oxidation sites excluding steroid dienone is 1. The molecular formula is C21H21N3O2. The minimum absolute atomic E-state index is 0.0666. The van der Waals surface area contributed by atoms with Crippen LogP contribution in [-0.2, 0) is 11.3 Å². The van der Waals surface area contributed by atoms with Gasteiger partial charge in [0.2, 0.25) is 5.91 Å². The van der Waals surface area contributed by atoms with E-state index < -0.39 is 0 Å². The maximum atomic E-state index is 12.6. The molecule has 26 heavy (non-hydrogen) atoms. The van der Waals surface area contributed by atoms with Gasteiger partial charge in [-0.1, -0.05) is 18.2 Å². The van der Waals surface area contributed by atoms with Gasteiger partial charge >= 0.3 is 0 Å². The Bertz CT molecular complexity index is 959. The lowest BCUT2D eigenvalue weighted by Crippen LogP contribution is -2.24. The van der Waals surface area contributed by atoms with Crippen molar-refractivity contribution in [1.29, 1.82) is 0 Å². The van der Waals surface area contributed by atoms with Crippen molar-refractivity contribution >= 4 is 22.6 Å². The van der Waals surface area contributed by atoms with Crippen LogP contribution in [0.1, 0.15) is 18.2 Å². The van der Waals surface area contributed by atoms with Crippen molar-refractivity contribution < 1.29 is 9.53 Å². The van der Waals surface area contributed by atoms with Gasteiger partial charge in [0.05, 0.1) is 18.1 Å². The van der Waals surface area contributed by atoms with Gasteiger partial charge in [-0.05, 0) is 36.4 Å². The fraction of sp³-hybridized carbons (Fsp3) is 0.238. The molecular weight excluding hydrogens is 326 g/mol. The average Bonchev–Trinajstić information content (AvgIpc) is 3.23. The summed E-state index contributed by atoms with van der Waals surface area (Å²) in [5.41, 5.74) is 2.93. The van der Waals surface area contributed by atoms with Gasteiger partial charge in [-0.3, -0.25) is 4.79 Å². The molecule has 1 aliphatic rings. The van der Waals surface area contributed by atoms with E-state index in [2.05, 4.69) is 17.2 Å². The number of rotatable bonds is 5. The van der Waals surface area contributed by atoms with Gasteiger partial charge in [-0.15, -0.1) is 6.58 Å². The third-order valence-electron chi connectivity index (χ3n) is 4.87. The molecule has 0 bridgehead atoms. The van der Waals surface area contributed by atoms with Gasteiger partial charge in [0, 0.05) is 31.1 Å². The summed E-state index contributed by atoms with van der Waals surface area (Å²) in [6, 6.07) is 15.7. The average molecular weight is 347 g/mol. The second-order valence-electron chi connectivity index (χ2n) is 6.46. The first-order chi connectivity index (χ1) is 12.7. The van der Waals surface area contributed by atoms with Crippen LogP contribution in [0.5, 0.6) is 5.75 Å². The highest BCUT2D eigenvalue weighted by molar-refractivity contribution is 5.96. The standard InChI is InChI=1S/C21H21N3O2/c1-3-12-23-19-7-5-4-6-18(19)22-21(23)15-13-20(25)24(14-15)16-8-10-17(26-2)11-9-16/h3-11,15H,1,12-14H2,2H3/t15-/m1/s1. The molecule has 1 amide bonds. The van der Waals surface area contributed by atoms with Crippen molar-refractivity contribution in [2.24, 2.45) is 0 Å². The number of benzene rings is 2. The molecule has 5 nitrogen and oxygen atoms in total. The minimum Gasteiger partial charge on any atom is -0.497 e. The molecule has 3 aromatic rings. The van der Waals surface area contributed by atoms with Crippen molar-refractivity contribution in [2.75, 3.05) is 18.6 Å². The van der Waals surface area contributed by atoms with E-state index in [1.54, 1.807) is 7.11 Å². The molecule has 1 aromatic heterocycles. The lowest BCUT2D eigenvalue weighted by atomic mass is 10.1. The lowest BCUT2D eigenvalue weighted by molar-refractivity contribution is -0.117. The fourth-order valence-corrected chi connectivity index (χ4v) is 3.62. The number of amides is 1. The zero-order valence-corrected chi connectivity index (χ0v) is 14.8. The molecule has 0 spiro atoms. The van der Waals surface area contributed by atoms with Crippen LogP contribution < -0.4 is 9.64 Å². The first-order valence-corrected chi connectivity index (χ1v) is 8.71. The summed E-state index contributed by atoms with van der Waals surface area (Å²) in [5.74, 6) is 1.93. The summed E-state index contributed by atoms with van der Waals surface area (Å²) < 4.78 is 7.36. The number of carbonyl (C=O) groups is 1. The Hall–Kier alpha value is -3.08. The van der Waals surface area contributed by atoms with Crippen LogP contribution in [0.2, 0.25) is 0 Å². The molecule has 0 aliphatic carbocycles. The Morgan fingerprint density at radius 3 is 2.73 bits per heavy atom. The largest absolute Gasteiger partial charge is 0.497 e. The SMILES string of the molecule is C=CCn1c([C@@H]2CC(=O)N(c3ccc(OC)cc3)C2)nc2ccccc21. The van der Waals surface area contributed by atoms with Crippen molar-refractivity contribution in [2.45, 2.75) is 18.9 Å². The number of para-hydroxylation sites is 2. The number of ether oxygens (including phenoxy) is 1. The number of nitrogens with zero attached hydrogens (tertiary/aromatic N) is 3. The molecule has 5 heteroatoms. The zero-order chi connectivity index (χ0) is 18.1. The molecule has 2 heterocycles. The number of carbonyl (C=O) groups excluding carboxylic acids is 1. The second kappa shape index (κ2) is 6.67. The summed E-state index contributed by atoms with van der Waals surface area (Å²) in [7, 11) is 1.64. The number of fused-ring (bicyclic) bond motifs is 1. The molecule has 1 fully saturated rings. The molecule has 0 saturated carbocycles. The van der Waals surface area contributed by atoms with Gasteiger partial charge in [0.1, 0.15) is 11.6 Å². The predicted octanol–water partition coefficient (Wildman–Crippen LogP) is 3.75. The van der Waals surface area contributed by atoms with Crippen LogP contribution in [0.25, 0.3) is 11.0 Å². The van der Waals surface area contributed by atoms with Gasteiger partial charge in [0.25, 0.3) is 0 Å². The van der Waals surface area contributed by atoms with Gasteiger partial charge in [-0.2, -0.15) is 0 Å². The van der Waals surface area contributed by atoms with E-state index >= 15 is 0 Å². The van der Waals surface area contributed by atoms with Crippen LogP contribution in [0.15, 0.2) is 61.2 Å². The van der Waals surface area contributed by atoms with E-state index in [1.807, 2.05) is 53.4 Å². The minimum atomic E-state index is 0.0666. The number of aromatic nitrogens is 2. The quantitative estimate of drug-likeness (QED) is 0.661. The van der Waals surface area contributed by atoms with E-state index in [0.717, 1.165) is 28.3 Å². The Balaban J connectivity index is 1.67. The summed E-state index contributed by atoms with van der Waals surface area (Å²) >= 11 is 0. The zero-order valence-electron chi connectivity index (χ0n) is 14.8. The van der Waals surface area contributed by atoms with Crippen LogP contribution in [-0.4, -0.2) is 29.1 Å². The van der Waals surface area contributed by atoms with Crippen LogP contribution in [0.4, 0.5) is 5.69 Å². The van der Waals surface area contributed by atoms with Crippen molar-refractivity contribution in [1.82, 2.24) is 9.55 Å². The Morgan fingerprint density at radius 1 is 1.23 bits per heavy atom. The molecule has 2 aromatic carbocycles. The normalized spacial score (nSPS) is 17.0. The first-order valence-electron chi connectivity index (χ1n) is 8.71. The van der Waals surface area contributed by atoms with Crippen LogP contribution in [0.3, 0.4) is 0 Å². The topological polar surface area (TPSA) is 47.4 Å². The van der Waals surface area contributed by atoms with E-state index in [0.29, 0.717) is 19.5 Å². The molecule has 4 rings (SSSR count). The summed E-state index contributed by atoms with van der Waals surface area (Å²) in [6.45, 7) is 5.18. The van der Waals surface area contributed by atoms with Crippen molar-refractivity contribution in [3.05, 3.63) is 67.0 Å². The molecule has 0 radical (unpaired) electrons. The molecule has 132 valence electrons. The van der Waals surface area contributed by atoms with E-state index in [9.17, 15) is 4.79 Å². The summed E-state index contributed by atoms with van der Waals surface area (Å²) in [6.07, 6.45) is 2.34. The fourth-order valence-electron chi connectivity index (χ4n) is 3.62. The number of hydrogen-bond donors (Lipinski definition) is 0. The summed E-state index contributed by atoms with van der Waals surface area (Å²) in [4.78, 5) is 19.3. The Morgan fingerprint density at radius 2 is 2.00 bits per heavy atom. The molecule has 0 N–H and O–H groups in total. The molecule has 1 aliphatic heterocycles. The third-order valence-corrected chi connectivity index (χ3v) is 4.87. The van der Waals surface area contributed by atoms with Crippen molar-refractivity contribution in [3.8, 4) is 5.75 Å². The maximum absolute atomic E-state index is 12.6. The number of hydrogen-bond acceptors (Lipinski definition) is 3. The highest BCUT2D eigenvalue weighted by atomic mass is 16.5. The smallest absolute Gasteiger partial charge is 0.227 e. The number of methoxy groups -OCH3 is 1. The monoisotopic (exact) mass is 347 g/mol. The lowest BCUT2D eigenvalue weighted by Gasteiger charge is -2.17. The highest BCUT2D eigenvalue weighted by Crippen LogP contribution is 2.33. The van der Waals surface area contributed by atoms with Crippen LogP contribution >= 0.6 is 0 Å². The van der Waals surface area contributed by atoms with Crippen molar-refractivity contribution in [3.63, 3.8) is 0 Å². The van der Waals surface area contributed by atoms with Gasteiger partial charge < -0.3 is 14.2 Å². The number of anilines is 1. The van der Waals surface area contributed by atoms with E-state index in [-0.39, 0.29) is 11.8 Å². The maximum Gasteiger partial charge on any atom is 0.227 e. The van der Waals surface area contributed by atoms with E-state index in [1.165, 1.54) is 0 Å². The summed E-state index contributed by atoms with van der Waals surface area (Å²) in [5, 5.41) is 0. The van der Waals surface area contributed by atoms with E-state index in [4.69, 9.17) is 9.72 Å². The predicted molar refractivity (Wildman–Crippen MR) is 103 cm³/mol. The van der Waals surface area contributed by atoms with Gasteiger partial charge in [-0.25, -0.2) is 4.98 Å².